The number of nitrogens with zero attached hydrogens (tertiary/aromatic N) is 2. The second kappa shape index (κ2) is 5.09. The average molecular weight is 293 g/mol. The van der Waals surface area contributed by atoms with E-state index in [-0.39, 0.29) is 11.5 Å². The molecule has 0 spiro atoms. The first kappa shape index (κ1) is 14.3. The summed E-state index contributed by atoms with van der Waals surface area (Å²) < 4.78 is 1.47. The number of aryl methyl sites for hydroxylation is 3. The summed E-state index contributed by atoms with van der Waals surface area (Å²) in [7, 11) is 1.67. The molecule has 6 nitrogen and oxygen atoms in total. The van der Waals surface area contributed by atoms with E-state index in [0.29, 0.717) is 16.3 Å². The number of nitrogens with one attached hydrogen (secondary N) is 1. The lowest BCUT2D eigenvalue weighted by molar-refractivity contribution is 0.0697. The van der Waals surface area contributed by atoms with E-state index in [1.54, 1.807) is 27.0 Å². The third-order valence-electron chi connectivity index (χ3n) is 3.06. The number of aromatic nitrogens is 2. The van der Waals surface area contributed by atoms with Crippen LogP contribution in [-0.2, 0) is 7.05 Å². The minimum atomic E-state index is -1.04. The van der Waals surface area contributed by atoms with Crippen LogP contribution in [0.15, 0.2) is 6.07 Å². The van der Waals surface area contributed by atoms with Gasteiger partial charge < -0.3 is 10.4 Å². The third kappa shape index (κ3) is 2.44. The van der Waals surface area contributed by atoms with Crippen molar-refractivity contribution in [1.82, 2.24) is 9.78 Å². The molecule has 7 heteroatoms. The molecular formula is C13H15N3O3S. The van der Waals surface area contributed by atoms with Gasteiger partial charge in [0.15, 0.2) is 0 Å². The van der Waals surface area contributed by atoms with Gasteiger partial charge in [-0.25, -0.2) is 4.79 Å². The maximum atomic E-state index is 12.2. The SMILES string of the molecule is Cc1cc(C(=O)Nc2sc(C)c(C)c2C(=O)O)n(C)n1. The Morgan fingerprint density at radius 1 is 1.35 bits per heavy atom. The molecule has 0 saturated heterocycles. The van der Waals surface area contributed by atoms with Crippen molar-refractivity contribution in [2.24, 2.45) is 7.05 Å². The number of rotatable bonds is 3. The molecule has 2 N–H and O–H groups in total. The first-order chi connectivity index (χ1) is 9.31. The zero-order valence-electron chi connectivity index (χ0n) is 11.6. The van der Waals surface area contributed by atoms with Gasteiger partial charge in [-0.3, -0.25) is 9.48 Å². The number of hydrogen-bond acceptors (Lipinski definition) is 4. The van der Waals surface area contributed by atoms with Gasteiger partial charge in [0.2, 0.25) is 0 Å². The molecule has 0 bridgehead atoms. The third-order valence-corrected chi connectivity index (χ3v) is 4.18. The Labute approximate surface area is 120 Å². The lowest BCUT2D eigenvalue weighted by Crippen LogP contribution is -2.17. The van der Waals surface area contributed by atoms with Crippen LogP contribution >= 0.6 is 11.3 Å². The lowest BCUT2D eigenvalue weighted by atomic mass is 10.1. The van der Waals surface area contributed by atoms with Crippen LogP contribution in [0.25, 0.3) is 0 Å². The molecule has 106 valence electrons. The molecule has 2 aromatic rings. The molecule has 0 aliphatic carbocycles. The first-order valence-corrected chi connectivity index (χ1v) is 6.78. The van der Waals surface area contributed by atoms with Crippen LogP contribution in [-0.4, -0.2) is 26.8 Å². The van der Waals surface area contributed by atoms with E-state index in [4.69, 9.17) is 0 Å². The summed E-state index contributed by atoms with van der Waals surface area (Å²) in [5.74, 6) is -1.40. The fourth-order valence-electron chi connectivity index (χ4n) is 1.96. The number of aromatic carboxylic acids is 1. The van der Waals surface area contributed by atoms with Gasteiger partial charge in [-0.1, -0.05) is 0 Å². The van der Waals surface area contributed by atoms with Gasteiger partial charge in [0.1, 0.15) is 10.7 Å². The fourth-order valence-corrected chi connectivity index (χ4v) is 3.01. The minimum absolute atomic E-state index is 0.153. The smallest absolute Gasteiger partial charge is 0.338 e. The number of carbonyl (C=O) groups is 2. The average Bonchev–Trinajstić information content (AvgIpc) is 2.80. The van der Waals surface area contributed by atoms with Crippen LogP contribution < -0.4 is 5.32 Å². The van der Waals surface area contributed by atoms with Gasteiger partial charge in [-0.2, -0.15) is 5.10 Å². The zero-order chi connectivity index (χ0) is 15.0. The maximum absolute atomic E-state index is 12.2. The van der Waals surface area contributed by atoms with Crippen molar-refractivity contribution in [3.05, 3.63) is 33.5 Å². The van der Waals surface area contributed by atoms with E-state index in [0.717, 1.165) is 10.6 Å². The van der Waals surface area contributed by atoms with E-state index in [2.05, 4.69) is 10.4 Å². The summed E-state index contributed by atoms with van der Waals surface area (Å²) >= 11 is 1.26. The van der Waals surface area contributed by atoms with Crippen LogP contribution in [0, 0.1) is 20.8 Å². The van der Waals surface area contributed by atoms with Crippen molar-refractivity contribution in [3.63, 3.8) is 0 Å². The maximum Gasteiger partial charge on any atom is 0.338 e. The Morgan fingerprint density at radius 3 is 2.50 bits per heavy atom. The van der Waals surface area contributed by atoms with Crippen molar-refractivity contribution in [1.29, 1.82) is 0 Å². The first-order valence-electron chi connectivity index (χ1n) is 5.96. The predicted molar refractivity (Wildman–Crippen MR) is 76.7 cm³/mol. The molecule has 0 saturated carbocycles. The summed E-state index contributed by atoms with van der Waals surface area (Å²) in [4.78, 5) is 24.3. The fraction of sp³-hybridized carbons (Fsp3) is 0.308. The molecular weight excluding hydrogens is 278 g/mol. The molecule has 0 aliphatic heterocycles. The predicted octanol–water partition coefficient (Wildman–Crippen LogP) is 2.36. The highest BCUT2D eigenvalue weighted by atomic mass is 32.1. The van der Waals surface area contributed by atoms with E-state index in [1.807, 2.05) is 6.92 Å². The Hall–Kier alpha value is -2.15. The van der Waals surface area contributed by atoms with Gasteiger partial charge >= 0.3 is 5.97 Å². The summed E-state index contributed by atoms with van der Waals surface area (Å²) in [5, 5.41) is 16.4. The van der Waals surface area contributed by atoms with Crippen molar-refractivity contribution < 1.29 is 14.7 Å². The highest BCUT2D eigenvalue weighted by Crippen LogP contribution is 2.32. The highest BCUT2D eigenvalue weighted by Gasteiger charge is 2.21. The molecule has 0 atom stereocenters. The van der Waals surface area contributed by atoms with Crippen LogP contribution in [0.4, 0.5) is 5.00 Å². The van der Waals surface area contributed by atoms with Crippen molar-refractivity contribution in [2.75, 3.05) is 5.32 Å². The molecule has 0 aliphatic rings. The number of carboxylic acids is 1. The molecule has 2 aromatic heterocycles. The Kier molecular flexibility index (Phi) is 3.63. The number of carboxylic acid groups (broad SMARTS) is 1. The van der Waals surface area contributed by atoms with Gasteiger partial charge in [-0.15, -0.1) is 11.3 Å². The largest absolute Gasteiger partial charge is 0.478 e. The summed E-state index contributed by atoms with van der Waals surface area (Å²) in [5.41, 5.74) is 1.95. The summed E-state index contributed by atoms with van der Waals surface area (Å²) in [6.07, 6.45) is 0. The van der Waals surface area contributed by atoms with Gasteiger partial charge in [-0.05, 0) is 32.4 Å². The second-order valence-electron chi connectivity index (χ2n) is 4.54. The monoisotopic (exact) mass is 293 g/mol. The Balaban J connectivity index is 2.35. The normalized spacial score (nSPS) is 10.6. The Bertz CT molecular complexity index is 700. The van der Waals surface area contributed by atoms with E-state index >= 15 is 0 Å². The van der Waals surface area contributed by atoms with Crippen LogP contribution in [0.3, 0.4) is 0 Å². The Morgan fingerprint density at radius 2 is 2.00 bits per heavy atom. The number of hydrogen-bond donors (Lipinski definition) is 2. The lowest BCUT2D eigenvalue weighted by Gasteiger charge is -2.04. The van der Waals surface area contributed by atoms with E-state index in [9.17, 15) is 14.7 Å². The number of thiophene rings is 1. The standard InChI is InChI=1S/C13H15N3O3S/c1-6-5-9(16(4)15-6)11(17)14-12-10(13(18)19)7(2)8(3)20-12/h5H,1-4H3,(H,14,17)(H,18,19). The zero-order valence-corrected chi connectivity index (χ0v) is 12.5. The van der Waals surface area contributed by atoms with Crippen LogP contribution in [0.1, 0.15) is 37.0 Å². The highest BCUT2D eigenvalue weighted by molar-refractivity contribution is 7.16. The molecule has 0 fully saturated rings. The van der Waals surface area contributed by atoms with Gasteiger partial charge in [0.25, 0.3) is 5.91 Å². The molecule has 1 amide bonds. The summed E-state index contributed by atoms with van der Waals surface area (Å²) in [6.45, 7) is 5.36. The van der Waals surface area contributed by atoms with E-state index < -0.39 is 5.97 Å². The van der Waals surface area contributed by atoms with Crippen molar-refractivity contribution in [2.45, 2.75) is 20.8 Å². The molecule has 0 radical (unpaired) electrons. The molecule has 0 aromatic carbocycles. The summed E-state index contributed by atoms with van der Waals surface area (Å²) in [6, 6.07) is 1.66. The second-order valence-corrected chi connectivity index (χ2v) is 5.77. The van der Waals surface area contributed by atoms with Gasteiger partial charge in [0.05, 0.1) is 11.3 Å². The quantitative estimate of drug-likeness (QED) is 0.909. The minimum Gasteiger partial charge on any atom is -0.478 e. The topological polar surface area (TPSA) is 84.2 Å². The van der Waals surface area contributed by atoms with Crippen molar-refractivity contribution >= 4 is 28.2 Å². The van der Waals surface area contributed by atoms with Crippen molar-refractivity contribution in [3.8, 4) is 0 Å². The number of amides is 1. The number of anilines is 1. The molecule has 20 heavy (non-hydrogen) atoms. The molecule has 2 heterocycles. The molecule has 0 unspecified atom stereocenters. The van der Waals surface area contributed by atoms with Crippen LogP contribution in [0.2, 0.25) is 0 Å². The molecule has 2 rings (SSSR count). The number of carbonyl (C=O) groups excluding carboxylic acids is 1. The van der Waals surface area contributed by atoms with Crippen LogP contribution in [0.5, 0.6) is 0 Å². The van der Waals surface area contributed by atoms with Gasteiger partial charge in [0, 0.05) is 11.9 Å². The van der Waals surface area contributed by atoms with E-state index in [1.165, 1.54) is 16.0 Å².